The summed E-state index contributed by atoms with van der Waals surface area (Å²) in [4.78, 5) is 23.1. The molecule has 0 radical (unpaired) electrons. The molecule has 0 saturated carbocycles. The molecule has 29 heavy (non-hydrogen) atoms. The molecule has 0 unspecified atom stereocenters. The summed E-state index contributed by atoms with van der Waals surface area (Å²) in [6, 6.07) is 17.3. The standard InChI is InChI=1S/C20H23FN2.C2H2O4/c21-20-10-4-8-19(16-20)17-23-14-12-22(13-15-23)11-5-9-18-6-2-1-3-7-18;3-1(4)2(5)6/h1-10,16H,11-15,17H2;(H,3,4)(H,5,6)/b9-5+;. The van der Waals surface area contributed by atoms with E-state index < -0.39 is 11.9 Å². The van der Waals surface area contributed by atoms with Crippen LogP contribution in [0.2, 0.25) is 0 Å². The van der Waals surface area contributed by atoms with Gasteiger partial charge in [0.2, 0.25) is 0 Å². The number of carbonyl (C=O) groups is 2. The molecular weight excluding hydrogens is 375 g/mol. The minimum Gasteiger partial charge on any atom is -0.473 e. The summed E-state index contributed by atoms with van der Waals surface area (Å²) in [5.74, 6) is -3.79. The number of nitrogens with zero attached hydrogens (tertiary/aromatic N) is 2. The average molecular weight is 400 g/mol. The Bertz CT molecular complexity index is 807. The molecule has 1 fully saturated rings. The molecule has 1 aliphatic heterocycles. The lowest BCUT2D eigenvalue weighted by Crippen LogP contribution is -2.45. The number of rotatable bonds is 5. The highest BCUT2D eigenvalue weighted by Gasteiger charge is 2.15. The summed E-state index contributed by atoms with van der Waals surface area (Å²) < 4.78 is 13.2. The second-order valence-corrected chi connectivity index (χ2v) is 6.63. The molecule has 2 aromatic rings. The molecule has 2 N–H and O–H groups in total. The van der Waals surface area contributed by atoms with Gasteiger partial charge in [0.25, 0.3) is 0 Å². The van der Waals surface area contributed by atoms with E-state index in [1.165, 1.54) is 11.6 Å². The van der Waals surface area contributed by atoms with Gasteiger partial charge < -0.3 is 10.2 Å². The van der Waals surface area contributed by atoms with Crippen molar-refractivity contribution in [3.8, 4) is 0 Å². The number of piperazine rings is 1. The minimum absolute atomic E-state index is 0.146. The number of benzene rings is 2. The van der Waals surface area contributed by atoms with Crippen LogP contribution in [-0.4, -0.2) is 64.7 Å². The van der Waals surface area contributed by atoms with Gasteiger partial charge in [0.15, 0.2) is 0 Å². The van der Waals surface area contributed by atoms with E-state index in [2.05, 4.69) is 46.2 Å². The number of carboxylic acids is 2. The van der Waals surface area contributed by atoms with Crippen molar-refractivity contribution >= 4 is 18.0 Å². The number of aliphatic carboxylic acids is 2. The van der Waals surface area contributed by atoms with E-state index in [9.17, 15) is 4.39 Å². The van der Waals surface area contributed by atoms with Crippen LogP contribution in [0.15, 0.2) is 60.7 Å². The summed E-state index contributed by atoms with van der Waals surface area (Å²) in [6.45, 7) is 6.03. The van der Waals surface area contributed by atoms with E-state index in [0.29, 0.717) is 0 Å². The second-order valence-electron chi connectivity index (χ2n) is 6.63. The van der Waals surface area contributed by atoms with Gasteiger partial charge >= 0.3 is 11.9 Å². The zero-order valence-electron chi connectivity index (χ0n) is 16.1. The molecule has 0 amide bonds. The Hall–Kier alpha value is -3.03. The summed E-state index contributed by atoms with van der Waals surface area (Å²) in [5.41, 5.74) is 2.31. The molecule has 0 aliphatic carbocycles. The molecule has 154 valence electrons. The lowest BCUT2D eigenvalue weighted by atomic mass is 10.2. The Morgan fingerprint density at radius 1 is 0.897 bits per heavy atom. The third kappa shape index (κ3) is 8.68. The minimum atomic E-state index is -1.82. The Labute approximate surface area is 169 Å². The molecule has 0 bridgehead atoms. The normalized spacial score (nSPS) is 14.9. The number of carboxylic acid groups (broad SMARTS) is 2. The monoisotopic (exact) mass is 400 g/mol. The SMILES string of the molecule is Fc1cccc(CN2CCN(C/C=C/c3ccccc3)CC2)c1.O=C(O)C(=O)O. The van der Waals surface area contributed by atoms with Crippen molar-refractivity contribution in [1.29, 1.82) is 0 Å². The molecule has 1 aliphatic rings. The summed E-state index contributed by atoms with van der Waals surface area (Å²) in [7, 11) is 0. The summed E-state index contributed by atoms with van der Waals surface area (Å²) >= 11 is 0. The maximum absolute atomic E-state index is 13.2. The fourth-order valence-electron chi connectivity index (χ4n) is 2.93. The fraction of sp³-hybridized carbons (Fsp3) is 0.273. The van der Waals surface area contributed by atoms with E-state index in [4.69, 9.17) is 19.8 Å². The molecule has 6 nitrogen and oxygen atoms in total. The zero-order chi connectivity index (χ0) is 21.1. The van der Waals surface area contributed by atoms with Crippen LogP contribution in [0.1, 0.15) is 11.1 Å². The number of halogens is 1. The van der Waals surface area contributed by atoms with Gasteiger partial charge in [0.1, 0.15) is 5.82 Å². The predicted molar refractivity (Wildman–Crippen MR) is 109 cm³/mol. The molecule has 0 atom stereocenters. The molecular formula is C22H25FN2O4. The van der Waals surface area contributed by atoms with Gasteiger partial charge in [-0.15, -0.1) is 0 Å². The first-order valence-electron chi connectivity index (χ1n) is 9.31. The van der Waals surface area contributed by atoms with Crippen molar-refractivity contribution in [3.63, 3.8) is 0 Å². The van der Waals surface area contributed by atoms with Crippen molar-refractivity contribution in [2.75, 3.05) is 32.7 Å². The van der Waals surface area contributed by atoms with Crippen LogP contribution in [0.25, 0.3) is 6.08 Å². The quantitative estimate of drug-likeness (QED) is 0.752. The molecule has 0 aromatic heterocycles. The summed E-state index contributed by atoms with van der Waals surface area (Å²) in [6.07, 6.45) is 4.41. The highest BCUT2D eigenvalue weighted by molar-refractivity contribution is 6.27. The Balaban J connectivity index is 0.000000438. The van der Waals surface area contributed by atoms with Gasteiger partial charge in [0, 0.05) is 39.3 Å². The van der Waals surface area contributed by atoms with E-state index in [1.807, 2.05) is 12.1 Å². The van der Waals surface area contributed by atoms with E-state index in [-0.39, 0.29) is 5.82 Å². The van der Waals surface area contributed by atoms with Crippen LogP contribution in [0.3, 0.4) is 0 Å². The van der Waals surface area contributed by atoms with Crippen molar-refractivity contribution in [2.24, 2.45) is 0 Å². The van der Waals surface area contributed by atoms with Crippen molar-refractivity contribution in [3.05, 3.63) is 77.6 Å². The Morgan fingerprint density at radius 3 is 2.10 bits per heavy atom. The molecule has 7 heteroatoms. The number of hydrogen-bond donors (Lipinski definition) is 2. The van der Waals surface area contributed by atoms with Gasteiger partial charge in [-0.1, -0.05) is 54.6 Å². The van der Waals surface area contributed by atoms with E-state index >= 15 is 0 Å². The van der Waals surface area contributed by atoms with E-state index in [1.54, 1.807) is 12.1 Å². The highest BCUT2D eigenvalue weighted by Crippen LogP contribution is 2.10. The Morgan fingerprint density at radius 2 is 1.52 bits per heavy atom. The molecule has 1 saturated heterocycles. The second kappa shape index (κ2) is 11.7. The van der Waals surface area contributed by atoms with Crippen LogP contribution in [0.5, 0.6) is 0 Å². The van der Waals surface area contributed by atoms with Crippen LogP contribution < -0.4 is 0 Å². The molecule has 2 aromatic carbocycles. The van der Waals surface area contributed by atoms with Crippen molar-refractivity contribution in [2.45, 2.75) is 6.54 Å². The van der Waals surface area contributed by atoms with Gasteiger partial charge in [-0.25, -0.2) is 14.0 Å². The van der Waals surface area contributed by atoms with Gasteiger partial charge in [-0.3, -0.25) is 9.80 Å². The molecule has 1 heterocycles. The Kier molecular flexibility index (Phi) is 9.01. The smallest absolute Gasteiger partial charge is 0.414 e. The number of hydrogen-bond acceptors (Lipinski definition) is 4. The first-order valence-corrected chi connectivity index (χ1v) is 9.31. The zero-order valence-corrected chi connectivity index (χ0v) is 16.1. The fourth-order valence-corrected chi connectivity index (χ4v) is 2.93. The molecule has 3 rings (SSSR count). The highest BCUT2D eigenvalue weighted by atomic mass is 19.1. The van der Waals surface area contributed by atoms with Crippen molar-refractivity contribution in [1.82, 2.24) is 9.80 Å². The van der Waals surface area contributed by atoms with Crippen LogP contribution in [-0.2, 0) is 16.1 Å². The average Bonchev–Trinajstić information content (AvgIpc) is 2.71. The third-order valence-corrected chi connectivity index (χ3v) is 4.42. The maximum Gasteiger partial charge on any atom is 0.414 e. The van der Waals surface area contributed by atoms with Gasteiger partial charge in [-0.2, -0.15) is 0 Å². The van der Waals surface area contributed by atoms with Crippen molar-refractivity contribution < 1.29 is 24.2 Å². The topological polar surface area (TPSA) is 81.1 Å². The third-order valence-electron chi connectivity index (χ3n) is 4.42. The predicted octanol–water partition coefficient (Wildman–Crippen LogP) is 2.81. The van der Waals surface area contributed by atoms with E-state index in [0.717, 1.165) is 44.8 Å². The van der Waals surface area contributed by atoms with Crippen LogP contribution in [0.4, 0.5) is 4.39 Å². The lowest BCUT2D eigenvalue weighted by molar-refractivity contribution is -0.159. The first-order chi connectivity index (χ1) is 13.9. The maximum atomic E-state index is 13.2. The van der Waals surface area contributed by atoms with Gasteiger partial charge in [0.05, 0.1) is 0 Å². The van der Waals surface area contributed by atoms with Gasteiger partial charge in [-0.05, 0) is 23.3 Å². The largest absolute Gasteiger partial charge is 0.473 e. The first kappa shape index (κ1) is 22.3. The summed E-state index contributed by atoms with van der Waals surface area (Å²) in [5, 5.41) is 14.8. The van der Waals surface area contributed by atoms with Crippen LogP contribution in [0, 0.1) is 5.82 Å². The lowest BCUT2D eigenvalue weighted by Gasteiger charge is -2.34. The molecule has 0 spiro atoms. The van der Waals surface area contributed by atoms with Crippen LogP contribution >= 0.6 is 0 Å².